The molecule has 0 spiro atoms. The third-order valence-corrected chi connectivity index (χ3v) is 4.40. The third-order valence-electron chi connectivity index (χ3n) is 4.10. The van der Waals surface area contributed by atoms with Gasteiger partial charge in [-0.1, -0.05) is 17.7 Å². The Hall–Kier alpha value is -2.60. The predicted octanol–water partition coefficient (Wildman–Crippen LogP) is 2.90. The Kier molecular flexibility index (Phi) is 4.63. The smallest absolute Gasteiger partial charge is 0.356 e. The molecule has 1 aliphatic rings. The van der Waals surface area contributed by atoms with Gasteiger partial charge in [-0.3, -0.25) is 4.79 Å². The molecule has 0 aliphatic carbocycles. The van der Waals surface area contributed by atoms with Crippen LogP contribution in [0.25, 0.3) is 0 Å². The number of rotatable bonds is 3. The molecule has 1 fully saturated rings. The van der Waals surface area contributed by atoms with Crippen LogP contribution in [0.3, 0.4) is 0 Å². The van der Waals surface area contributed by atoms with Gasteiger partial charge in [0.1, 0.15) is 5.82 Å². The number of piperazine rings is 1. The number of hydrogen-bond donors (Lipinski definition) is 1. The molecule has 130 valence electrons. The van der Waals surface area contributed by atoms with E-state index < -0.39 is 5.97 Å². The number of aromatic nitrogens is 1. The van der Waals surface area contributed by atoms with Gasteiger partial charge in [-0.25, -0.2) is 9.78 Å². The standard InChI is InChI=1S/C18H18ClN3O3/c1-11-7-12(2)9-13(8-11)22-6-5-21(10-16(22)23)15-4-3-14(19)17(20-15)18(24)25/h3-4,7-9H,5-6,10H2,1-2H3,(H,24,25). The van der Waals surface area contributed by atoms with Crippen LogP contribution in [0.4, 0.5) is 11.5 Å². The SMILES string of the molecule is Cc1cc(C)cc(N2CCN(c3ccc(Cl)c(C(=O)O)n3)CC2=O)c1. The van der Waals surface area contributed by atoms with Gasteiger partial charge in [0.2, 0.25) is 5.91 Å². The lowest BCUT2D eigenvalue weighted by atomic mass is 10.1. The van der Waals surface area contributed by atoms with E-state index in [2.05, 4.69) is 11.1 Å². The lowest BCUT2D eigenvalue weighted by molar-refractivity contribution is -0.117. The highest BCUT2D eigenvalue weighted by atomic mass is 35.5. The van der Waals surface area contributed by atoms with Crippen LogP contribution >= 0.6 is 11.6 Å². The molecule has 0 radical (unpaired) electrons. The summed E-state index contributed by atoms with van der Waals surface area (Å²) in [6.45, 7) is 5.21. The number of nitrogens with zero attached hydrogens (tertiary/aromatic N) is 3. The minimum atomic E-state index is -1.19. The molecule has 0 bridgehead atoms. The van der Waals surface area contributed by atoms with Gasteiger partial charge in [0, 0.05) is 18.8 Å². The fourth-order valence-electron chi connectivity index (χ4n) is 3.01. The molecular weight excluding hydrogens is 342 g/mol. The van der Waals surface area contributed by atoms with Crippen LogP contribution in [0, 0.1) is 13.8 Å². The second-order valence-corrected chi connectivity index (χ2v) is 6.53. The number of aryl methyl sites for hydroxylation is 2. The van der Waals surface area contributed by atoms with Gasteiger partial charge in [0.25, 0.3) is 0 Å². The van der Waals surface area contributed by atoms with Crippen molar-refractivity contribution < 1.29 is 14.7 Å². The first-order chi connectivity index (χ1) is 11.8. The lowest BCUT2D eigenvalue weighted by Gasteiger charge is -2.35. The summed E-state index contributed by atoms with van der Waals surface area (Å²) in [5.41, 5.74) is 2.90. The van der Waals surface area contributed by atoms with Gasteiger partial charge in [0.05, 0.1) is 11.6 Å². The summed E-state index contributed by atoms with van der Waals surface area (Å²) in [4.78, 5) is 31.4. The van der Waals surface area contributed by atoms with Gasteiger partial charge in [-0.15, -0.1) is 0 Å². The lowest BCUT2D eigenvalue weighted by Crippen LogP contribution is -2.51. The first kappa shape index (κ1) is 17.2. The van der Waals surface area contributed by atoms with Gasteiger partial charge >= 0.3 is 5.97 Å². The van der Waals surface area contributed by atoms with Crippen molar-refractivity contribution in [3.05, 3.63) is 52.2 Å². The highest BCUT2D eigenvalue weighted by Gasteiger charge is 2.27. The molecule has 1 amide bonds. The molecule has 3 rings (SSSR count). The number of pyridine rings is 1. The molecule has 2 aromatic rings. The second kappa shape index (κ2) is 6.72. The van der Waals surface area contributed by atoms with Crippen molar-refractivity contribution in [2.75, 3.05) is 29.4 Å². The van der Waals surface area contributed by atoms with Crippen LogP contribution in [0.15, 0.2) is 30.3 Å². The van der Waals surface area contributed by atoms with Crippen LogP contribution in [0.5, 0.6) is 0 Å². The van der Waals surface area contributed by atoms with Gasteiger partial charge in [-0.05, 0) is 49.2 Å². The van der Waals surface area contributed by atoms with Gasteiger partial charge in [-0.2, -0.15) is 0 Å². The molecule has 1 N–H and O–H groups in total. The molecule has 2 heterocycles. The van der Waals surface area contributed by atoms with Crippen molar-refractivity contribution in [3.63, 3.8) is 0 Å². The molecule has 1 aromatic carbocycles. The Balaban J connectivity index is 1.81. The zero-order valence-corrected chi connectivity index (χ0v) is 14.7. The van der Waals surface area contributed by atoms with Crippen LogP contribution in [0.1, 0.15) is 21.6 Å². The summed E-state index contributed by atoms with van der Waals surface area (Å²) >= 11 is 5.85. The van der Waals surface area contributed by atoms with Crippen LogP contribution in [-0.2, 0) is 4.79 Å². The van der Waals surface area contributed by atoms with E-state index in [9.17, 15) is 9.59 Å². The maximum atomic E-state index is 12.6. The number of benzene rings is 1. The van der Waals surface area contributed by atoms with E-state index >= 15 is 0 Å². The maximum absolute atomic E-state index is 12.6. The monoisotopic (exact) mass is 359 g/mol. The highest BCUT2D eigenvalue weighted by Crippen LogP contribution is 2.24. The molecule has 1 aliphatic heterocycles. The summed E-state index contributed by atoms with van der Waals surface area (Å²) in [6, 6.07) is 9.17. The maximum Gasteiger partial charge on any atom is 0.356 e. The van der Waals surface area contributed by atoms with Crippen molar-refractivity contribution in [2.24, 2.45) is 0 Å². The Morgan fingerprint density at radius 2 is 1.84 bits per heavy atom. The summed E-state index contributed by atoms with van der Waals surface area (Å²) in [5.74, 6) is -0.799. The summed E-state index contributed by atoms with van der Waals surface area (Å²) in [5, 5.41) is 9.22. The summed E-state index contributed by atoms with van der Waals surface area (Å²) in [6.07, 6.45) is 0. The fourth-order valence-corrected chi connectivity index (χ4v) is 3.19. The minimum absolute atomic E-state index is 0.0510. The predicted molar refractivity (Wildman–Crippen MR) is 96.7 cm³/mol. The normalized spacial score (nSPS) is 14.8. The highest BCUT2D eigenvalue weighted by molar-refractivity contribution is 6.33. The largest absolute Gasteiger partial charge is 0.476 e. The molecular formula is C18H18ClN3O3. The number of hydrogen-bond acceptors (Lipinski definition) is 4. The third kappa shape index (κ3) is 3.58. The number of anilines is 2. The van der Waals surface area contributed by atoms with Crippen LogP contribution in [-0.4, -0.2) is 41.6 Å². The molecule has 6 nitrogen and oxygen atoms in total. The Morgan fingerprint density at radius 3 is 2.44 bits per heavy atom. The number of carboxylic acid groups (broad SMARTS) is 1. The van der Waals surface area contributed by atoms with Crippen molar-refractivity contribution in [1.82, 2.24) is 4.98 Å². The quantitative estimate of drug-likeness (QED) is 0.912. The molecule has 7 heteroatoms. The molecule has 0 saturated carbocycles. The Labute approximate surface area is 150 Å². The molecule has 0 unspecified atom stereocenters. The van der Waals surface area contributed by atoms with E-state index in [1.807, 2.05) is 26.0 Å². The first-order valence-electron chi connectivity index (χ1n) is 7.88. The van der Waals surface area contributed by atoms with Crippen LogP contribution in [0.2, 0.25) is 5.02 Å². The molecule has 25 heavy (non-hydrogen) atoms. The Morgan fingerprint density at radius 1 is 1.16 bits per heavy atom. The van der Waals surface area contributed by atoms with Gasteiger partial charge in [0.15, 0.2) is 5.69 Å². The molecule has 0 atom stereocenters. The summed E-state index contributed by atoms with van der Waals surface area (Å²) < 4.78 is 0. The molecule has 1 aromatic heterocycles. The number of halogens is 1. The minimum Gasteiger partial charge on any atom is -0.476 e. The van der Waals surface area contributed by atoms with Crippen molar-refractivity contribution >= 4 is 35.0 Å². The van der Waals surface area contributed by atoms with E-state index in [0.717, 1.165) is 16.8 Å². The topological polar surface area (TPSA) is 73.7 Å². The van der Waals surface area contributed by atoms with Crippen molar-refractivity contribution in [3.8, 4) is 0 Å². The first-order valence-corrected chi connectivity index (χ1v) is 8.26. The average molecular weight is 360 g/mol. The summed E-state index contributed by atoms with van der Waals surface area (Å²) in [7, 11) is 0. The Bertz CT molecular complexity index is 833. The van der Waals surface area contributed by atoms with E-state index in [-0.39, 0.29) is 23.2 Å². The number of aromatic carboxylic acids is 1. The number of carbonyl (C=O) groups excluding carboxylic acids is 1. The fraction of sp³-hybridized carbons (Fsp3) is 0.278. The number of carbonyl (C=O) groups is 2. The molecule has 1 saturated heterocycles. The van der Waals surface area contributed by atoms with E-state index in [4.69, 9.17) is 16.7 Å². The van der Waals surface area contributed by atoms with E-state index in [0.29, 0.717) is 18.9 Å². The van der Waals surface area contributed by atoms with Crippen molar-refractivity contribution in [2.45, 2.75) is 13.8 Å². The van der Waals surface area contributed by atoms with E-state index in [1.165, 1.54) is 6.07 Å². The number of carboxylic acids is 1. The van der Waals surface area contributed by atoms with Crippen molar-refractivity contribution in [1.29, 1.82) is 0 Å². The van der Waals surface area contributed by atoms with Gasteiger partial charge < -0.3 is 14.9 Å². The number of amides is 1. The zero-order chi connectivity index (χ0) is 18.1. The van der Waals surface area contributed by atoms with E-state index in [1.54, 1.807) is 15.9 Å². The second-order valence-electron chi connectivity index (χ2n) is 6.12. The average Bonchev–Trinajstić information content (AvgIpc) is 2.54. The zero-order valence-electron chi connectivity index (χ0n) is 14.0. The van der Waals surface area contributed by atoms with Crippen LogP contribution < -0.4 is 9.80 Å².